The maximum absolute atomic E-state index is 5.58. The summed E-state index contributed by atoms with van der Waals surface area (Å²) < 4.78 is 5.58. The van der Waals surface area contributed by atoms with Crippen LogP contribution in [-0.2, 0) is 0 Å². The van der Waals surface area contributed by atoms with Gasteiger partial charge in [-0.3, -0.25) is 4.98 Å². The molecule has 1 unspecified atom stereocenters. The summed E-state index contributed by atoms with van der Waals surface area (Å²) >= 11 is 0. The Labute approximate surface area is 141 Å². The number of benzene rings is 1. The van der Waals surface area contributed by atoms with E-state index in [-0.39, 0.29) is 6.04 Å². The normalized spacial score (nSPS) is 11.8. The van der Waals surface area contributed by atoms with Crippen LogP contribution in [0.25, 0.3) is 0 Å². The first-order valence-corrected chi connectivity index (χ1v) is 7.95. The number of ether oxygens (including phenoxy) is 1. The van der Waals surface area contributed by atoms with Crippen LogP contribution in [0, 0.1) is 6.92 Å². The summed E-state index contributed by atoms with van der Waals surface area (Å²) in [4.78, 5) is 13.1. The third kappa shape index (κ3) is 3.68. The molecule has 0 radical (unpaired) electrons. The van der Waals surface area contributed by atoms with Crippen LogP contribution in [0.15, 0.2) is 61.1 Å². The van der Waals surface area contributed by atoms with Gasteiger partial charge >= 0.3 is 0 Å². The molecule has 24 heavy (non-hydrogen) atoms. The van der Waals surface area contributed by atoms with Gasteiger partial charge in [-0.1, -0.05) is 35.9 Å². The monoisotopic (exact) mass is 320 g/mol. The minimum Gasteiger partial charge on any atom is -0.475 e. The zero-order chi connectivity index (χ0) is 16.8. The van der Waals surface area contributed by atoms with Crippen LogP contribution in [0.1, 0.15) is 29.8 Å². The van der Waals surface area contributed by atoms with Gasteiger partial charge in [0.25, 0.3) is 5.88 Å². The molecule has 3 rings (SSSR count). The summed E-state index contributed by atoms with van der Waals surface area (Å²) in [6.45, 7) is 4.54. The molecule has 1 aromatic carbocycles. The van der Waals surface area contributed by atoms with E-state index in [0.29, 0.717) is 18.3 Å². The Kier molecular flexibility index (Phi) is 5.01. The van der Waals surface area contributed by atoms with Crippen LogP contribution < -0.4 is 10.1 Å². The minimum atomic E-state index is -0.137. The van der Waals surface area contributed by atoms with Gasteiger partial charge in [-0.25, -0.2) is 9.97 Å². The lowest BCUT2D eigenvalue weighted by Crippen LogP contribution is -2.16. The van der Waals surface area contributed by atoms with Crippen LogP contribution in [0.4, 0.5) is 5.82 Å². The Morgan fingerprint density at radius 2 is 1.88 bits per heavy atom. The van der Waals surface area contributed by atoms with Crippen LogP contribution in [0.2, 0.25) is 0 Å². The highest BCUT2D eigenvalue weighted by Gasteiger charge is 2.18. The topological polar surface area (TPSA) is 59.9 Å². The molecule has 0 fully saturated rings. The van der Waals surface area contributed by atoms with Gasteiger partial charge < -0.3 is 10.1 Å². The van der Waals surface area contributed by atoms with Crippen molar-refractivity contribution in [3.8, 4) is 5.88 Å². The molecule has 3 aromatic rings. The Morgan fingerprint density at radius 1 is 1.00 bits per heavy atom. The Balaban J connectivity index is 2.00. The fourth-order valence-corrected chi connectivity index (χ4v) is 2.53. The number of hydrogen-bond donors (Lipinski definition) is 1. The first-order valence-electron chi connectivity index (χ1n) is 7.95. The van der Waals surface area contributed by atoms with Crippen LogP contribution in [-0.4, -0.2) is 21.6 Å². The number of nitrogens with one attached hydrogen (secondary N) is 1. The smallest absolute Gasteiger partial charge is 0.257 e. The predicted molar refractivity (Wildman–Crippen MR) is 94.1 cm³/mol. The van der Waals surface area contributed by atoms with Crippen molar-refractivity contribution in [2.24, 2.45) is 0 Å². The fourth-order valence-electron chi connectivity index (χ4n) is 2.53. The van der Waals surface area contributed by atoms with E-state index in [9.17, 15) is 0 Å². The van der Waals surface area contributed by atoms with E-state index in [1.807, 2.05) is 31.2 Å². The molecule has 0 saturated carbocycles. The molecule has 2 aromatic heterocycles. The molecular weight excluding hydrogens is 300 g/mol. The molecule has 122 valence electrons. The van der Waals surface area contributed by atoms with Crippen molar-refractivity contribution >= 4 is 5.82 Å². The molecule has 0 aliphatic carbocycles. The number of anilines is 1. The maximum Gasteiger partial charge on any atom is 0.257 e. The molecule has 0 spiro atoms. The number of aromatic nitrogens is 3. The predicted octanol–water partition coefficient (Wildman–Crippen LogP) is 3.78. The summed E-state index contributed by atoms with van der Waals surface area (Å²) in [5.41, 5.74) is 3.22. The average molecular weight is 320 g/mol. The van der Waals surface area contributed by atoms with Gasteiger partial charge in [0.15, 0.2) is 5.82 Å². The molecule has 1 atom stereocenters. The molecule has 0 bridgehead atoms. The standard InChI is InChI=1S/C19H20N4O/c1-3-24-19-18(21-11-12-22-19)23-17(16-9-4-5-10-20-16)15-8-6-7-14(2)13-15/h4-13,17H,3H2,1-2H3,(H,21,23). The van der Waals surface area contributed by atoms with Gasteiger partial charge in [-0.05, 0) is 31.5 Å². The molecule has 5 nitrogen and oxygen atoms in total. The Morgan fingerprint density at radius 3 is 2.62 bits per heavy atom. The third-order valence-electron chi connectivity index (χ3n) is 3.59. The van der Waals surface area contributed by atoms with Gasteiger partial charge in [0.2, 0.25) is 0 Å². The number of rotatable bonds is 6. The Bertz CT molecular complexity index is 792. The summed E-state index contributed by atoms with van der Waals surface area (Å²) in [6, 6.07) is 14.1. The zero-order valence-corrected chi connectivity index (χ0v) is 13.8. The van der Waals surface area contributed by atoms with Crippen molar-refractivity contribution in [1.29, 1.82) is 0 Å². The highest BCUT2D eigenvalue weighted by atomic mass is 16.5. The lowest BCUT2D eigenvalue weighted by atomic mass is 10.0. The first kappa shape index (κ1) is 15.9. The molecule has 0 aliphatic heterocycles. The number of nitrogens with zero attached hydrogens (tertiary/aromatic N) is 3. The van der Waals surface area contributed by atoms with E-state index < -0.39 is 0 Å². The molecule has 0 amide bonds. The minimum absolute atomic E-state index is 0.137. The van der Waals surface area contributed by atoms with Crippen molar-refractivity contribution in [3.63, 3.8) is 0 Å². The molecule has 1 N–H and O–H groups in total. The number of pyridine rings is 1. The first-order chi connectivity index (χ1) is 11.8. The van der Waals surface area contributed by atoms with Gasteiger partial charge in [-0.2, -0.15) is 0 Å². The lowest BCUT2D eigenvalue weighted by molar-refractivity contribution is 0.327. The van der Waals surface area contributed by atoms with Crippen molar-refractivity contribution in [2.75, 3.05) is 11.9 Å². The van der Waals surface area contributed by atoms with Gasteiger partial charge in [-0.15, -0.1) is 0 Å². The van der Waals surface area contributed by atoms with Crippen molar-refractivity contribution < 1.29 is 4.74 Å². The summed E-state index contributed by atoms with van der Waals surface area (Å²) in [6.07, 6.45) is 5.06. The van der Waals surface area contributed by atoms with Crippen molar-refractivity contribution in [1.82, 2.24) is 15.0 Å². The van der Waals surface area contributed by atoms with E-state index >= 15 is 0 Å². The summed E-state index contributed by atoms with van der Waals surface area (Å²) in [5, 5.41) is 3.43. The largest absolute Gasteiger partial charge is 0.475 e. The fraction of sp³-hybridized carbons (Fsp3) is 0.211. The third-order valence-corrected chi connectivity index (χ3v) is 3.59. The zero-order valence-electron chi connectivity index (χ0n) is 13.8. The molecular formula is C19H20N4O. The van der Waals surface area contributed by atoms with Crippen molar-refractivity contribution in [2.45, 2.75) is 19.9 Å². The Hall–Kier alpha value is -2.95. The van der Waals surface area contributed by atoms with E-state index in [4.69, 9.17) is 4.74 Å². The van der Waals surface area contributed by atoms with Crippen molar-refractivity contribution in [3.05, 3.63) is 77.9 Å². The van der Waals surface area contributed by atoms with E-state index in [1.54, 1.807) is 18.6 Å². The molecule has 5 heteroatoms. The second kappa shape index (κ2) is 7.55. The van der Waals surface area contributed by atoms with E-state index in [2.05, 4.69) is 45.4 Å². The maximum atomic E-state index is 5.58. The quantitative estimate of drug-likeness (QED) is 0.749. The summed E-state index contributed by atoms with van der Waals surface area (Å²) in [5.74, 6) is 1.10. The van der Waals surface area contributed by atoms with Gasteiger partial charge in [0.05, 0.1) is 18.3 Å². The van der Waals surface area contributed by atoms with Gasteiger partial charge in [0.1, 0.15) is 0 Å². The average Bonchev–Trinajstić information content (AvgIpc) is 2.62. The second-order valence-electron chi connectivity index (χ2n) is 5.39. The molecule has 2 heterocycles. The molecule has 0 saturated heterocycles. The molecule has 0 aliphatic rings. The van der Waals surface area contributed by atoms with Crippen LogP contribution in [0.3, 0.4) is 0 Å². The summed E-state index contributed by atoms with van der Waals surface area (Å²) in [7, 11) is 0. The van der Waals surface area contributed by atoms with E-state index in [0.717, 1.165) is 11.3 Å². The second-order valence-corrected chi connectivity index (χ2v) is 5.39. The van der Waals surface area contributed by atoms with Gasteiger partial charge in [0, 0.05) is 18.6 Å². The van der Waals surface area contributed by atoms with Crippen LogP contribution >= 0.6 is 0 Å². The highest BCUT2D eigenvalue weighted by molar-refractivity contribution is 5.49. The number of aryl methyl sites for hydroxylation is 1. The lowest BCUT2D eigenvalue weighted by Gasteiger charge is -2.20. The highest BCUT2D eigenvalue weighted by Crippen LogP contribution is 2.28. The van der Waals surface area contributed by atoms with E-state index in [1.165, 1.54) is 5.56 Å². The van der Waals surface area contributed by atoms with Crippen LogP contribution in [0.5, 0.6) is 5.88 Å². The number of hydrogen-bond acceptors (Lipinski definition) is 5. The SMILES string of the molecule is CCOc1nccnc1NC(c1cccc(C)c1)c1ccccn1.